The summed E-state index contributed by atoms with van der Waals surface area (Å²) in [7, 11) is 0. The Balaban J connectivity index is 0.931. The molecule has 0 aliphatic carbocycles. The zero-order chi connectivity index (χ0) is 42.1. The molecule has 0 unspecified atom stereocenters. The zero-order valence-electron chi connectivity index (χ0n) is 34.1. The van der Waals surface area contributed by atoms with Gasteiger partial charge >= 0.3 is 0 Å². The molecule has 8 aromatic carbocycles. The lowest BCUT2D eigenvalue weighted by Gasteiger charge is -2.12. The van der Waals surface area contributed by atoms with E-state index in [1.165, 1.54) is 26.9 Å². The normalized spacial score (nSPS) is 11.8. The van der Waals surface area contributed by atoms with Crippen LogP contribution in [0.3, 0.4) is 0 Å². The highest BCUT2D eigenvalue weighted by atomic mass is 32.1. The van der Waals surface area contributed by atoms with Gasteiger partial charge in [-0.2, -0.15) is 0 Å². The van der Waals surface area contributed by atoms with Crippen LogP contribution in [0.25, 0.3) is 126 Å². The number of fused-ring (bicyclic) bond motifs is 8. The van der Waals surface area contributed by atoms with Gasteiger partial charge in [0.2, 0.25) is 0 Å². The van der Waals surface area contributed by atoms with Crippen LogP contribution >= 0.6 is 11.3 Å². The molecule has 298 valence electrons. The molecule has 0 fully saturated rings. The summed E-state index contributed by atoms with van der Waals surface area (Å²) in [5.41, 5.74) is 9.68. The molecule has 0 spiro atoms. The predicted molar refractivity (Wildman–Crippen MR) is 263 cm³/mol. The van der Waals surface area contributed by atoms with E-state index in [4.69, 9.17) is 29.9 Å². The van der Waals surface area contributed by atoms with Crippen LogP contribution in [-0.4, -0.2) is 34.5 Å². The van der Waals surface area contributed by atoms with Gasteiger partial charge in [0.05, 0.1) is 26.9 Å². The van der Waals surface area contributed by atoms with E-state index in [0.29, 0.717) is 23.3 Å². The maximum atomic E-state index is 5.31. The number of aromatic nitrogens is 7. The summed E-state index contributed by atoms with van der Waals surface area (Å²) in [4.78, 5) is 31.5. The van der Waals surface area contributed by atoms with E-state index in [2.05, 4.69) is 162 Å². The Kier molecular flexibility index (Phi) is 8.25. The number of thiophene rings is 1. The highest BCUT2D eigenvalue weighted by Gasteiger charge is 2.19. The van der Waals surface area contributed by atoms with Crippen LogP contribution in [0.5, 0.6) is 0 Å². The first-order valence-corrected chi connectivity index (χ1v) is 22.0. The molecule has 0 saturated carbocycles. The number of hydrogen-bond acceptors (Lipinski definition) is 7. The van der Waals surface area contributed by atoms with Crippen molar-refractivity contribution in [2.45, 2.75) is 0 Å². The monoisotopic (exact) mass is 835 g/mol. The van der Waals surface area contributed by atoms with E-state index in [9.17, 15) is 0 Å². The fourth-order valence-electron chi connectivity index (χ4n) is 9.00. The van der Waals surface area contributed by atoms with Crippen molar-refractivity contribution >= 4 is 75.1 Å². The van der Waals surface area contributed by atoms with Crippen molar-refractivity contribution in [1.29, 1.82) is 0 Å². The molecule has 13 aromatic rings. The fourth-order valence-corrected chi connectivity index (χ4v) is 10.1. The Bertz CT molecular complexity index is 3920. The highest BCUT2D eigenvalue weighted by Crippen LogP contribution is 2.40. The number of pyridine rings is 1. The SMILES string of the molecule is c1ccc(-c2nc(-c3ccc(-c4nc(-c5ccc6cc7ccccc7cc6c5)nc5c4sc4ncccc45)cc3)nc(-c3cccc(-n4c5ccccc5c5ccccc54)c3)n2)cc1. The third-order valence-corrected chi connectivity index (χ3v) is 13.2. The number of rotatable bonds is 6. The average Bonchev–Trinajstić information content (AvgIpc) is 3.91. The van der Waals surface area contributed by atoms with Gasteiger partial charge in [0.15, 0.2) is 23.3 Å². The van der Waals surface area contributed by atoms with E-state index < -0.39 is 0 Å². The summed E-state index contributed by atoms with van der Waals surface area (Å²) in [6.45, 7) is 0. The van der Waals surface area contributed by atoms with Crippen LogP contribution in [0.15, 0.2) is 200 Å². The molecule has 5 aromatic heterocycles. The zero-order valence-corrected chi connectivity index (χ0v) is 34.9. The predicted octanol–water partition coefficient (Wildman–Crippen LogP) is 14.2. The van der Waals surface area contributed by atoms with Crippen molar-refractivity contribution in [3.05, 3.63) is 200 Å². The molecule has 8 heteroatoms. The standard InChI is InChI=1S/C56H33N7S/c1-2-12-35(13-3-1)52-60-53(62-55(61-52)40-16-10-17-43(33-40)63-47-21-8-6-18-44(47)45-19-7-9-22-48(45)63)36-25-23-34(24-26-36)49-51-50(46-20-11-29-57-56(46)64-51)59-54(58-49)41-28-27-39-30-37-14-4-5-15-38(37)31-42(39)32-41/h1-33H. The van der Waals surface area contributed by atoms with Gasteiger partial charge in [0.25, 0.3) is 0 Å². The van der Waals surface area contributed by atoms with E-state index in [1.54, 1.807) is 11.3 Å². The van der Waals surface area contributed by atoms with Crippen molar-refractivity contribution in [3.8, 4) is 62.5 Å². The maximum absolute atomic E-state index is 5.31. The summed E-state index contributed by atoms with van der Waals surface area (Å²) in [5, 5.41) is 8.19. The number of benzene rings is 8. The molecule has 0 aliphatic heterocycles. The smallest absolute Gasteiger partial charge is 0.164 e. The molecular formula is C56H33N7S. The lowest BCUT2D eigenvalue weighted by molar-refractivity contribution is 1.07. The molecule has 5 heterocycles. The molecule has 7 nitrogen and oxygen atoms in total. The first-order chi connectivity index (χ1) is 31.7. The van der Waals surface area contributed by atoms with Gasteiger partial charge in [-0.25, -0.2) is 29.9 Å². The Morgan fingerprint density at radius 1 is 0.359 bits per heavy atom. The second-order valence-corrected chi connectivity index (χ2v) is 17.0. The largest absolute Gasteiger partial charge is 0.309 e. The minimum absolute atomic E-state index is 0.584. The van der Waals surface area contributed by atoms with E-state index in [-0.39, 0.29) is 0 Å². The Hall–Kier alpha value is -8.46. The lowest BCUT2D eigenvalue weighted by Crippen LogP contribution is -2.01. The molecule has 0 bridgehead atoms. The van der Waals surface area contributed by atoms with Crippen LogP contribution in [-0.2, 0) is 0 Å². The van der Waals surface area contributed by atoms with Crippen molar-refractivity contribution in [1.82, 2.24) is 34.5 Å². The third-order valence-electron chi connectivity index (χ3n) is 12.1. The van der Waals surface area contributed by atoms with Crippen LogP contribution < -0.4 is 0 Å². The minimum atomic E-state index is 0.584. The molecule has 0 saturated heterocycles. The molecular weight excluding hydrogens is 803 g/mol. The summed E-state index contributed by atoms with van der Waals surface area (Å²) < 4.78 is 3.31. The van der Waals surface area contributed by atoms with Crippen LogP contribution in [0.4, 0.5) is 0 Å². The fraction of sp³-hybridized carbons (Fsp3) is 0. The Morgan fingerprint density at radius 3 is 1.66 bits per heavy atom. The van der Waals surface area contributed by atoms with E-state index in [0.717, 1.165) is 76.1 Å². The second kappa shape index (κ2) is 14.6. The molecule has 13 rings (SSSR count). The number of hydrogen-bond donors (Lipinski definition) is 0. The van der Waals surface area contributed by atoms with Gasteiger partial charge in [-0.3, -0.25) is 0 Å². The summed E-state index contributed by atoms with van der Waals surface area (Å²) in [6.07, 6.45) is 1.83. The quantitative estimate of drug-likeness (QED) is 0.155. The Labute approximate surface area is 370 Å². The van der Waals surface area contributed by atoms with Gasteiger partial charge in [-0.05, 0) is 76.1 Å². The molecule has 0 radical (unpaired) electrons. The van der Waals surface area contributed by atoms with Gasteiger partial charge in [0, 0.05) is 55.9 Å². The van der Waals surface area contributed by atoms with Crippen LogP contribution in [0, 0.1) is 0 Å². The molecule has 0 amide bonds. The third kappa shape index (κ3) is 6.03. The first-order valence-electron chi connectivity index (χ1n) is 21.2. The Morgan fingerprint density at radius 2 is 0.906 bits per heavy atom. The average molecular weight is 836 g/mol. The van der Waals surface area contributed by atoms with Crippen LogP contribution in [0.1, 0.15) is 0 Å². The highest BCUT2D eigenvalue weighted by molar-refractivity contribution is 7.25. The summed E-state index contributed by atoms with van der Waals surface area (Å²) >= 11 is 1.62. The maximum Gasteiger partial charge on any atom is 0.164 e. The van der Waals surface area contributed by atoms with Crippen molar-refractivity contribution in [3.63, 3.8) is 0 Å². The number of para-hydroxylation sites is 2. The van der Waals surface area contributed by atoms with Gasteiger partial charge in [-0.1, -0.05) is 140 Å². The first kappa shape index (κ1) is 36.2. The van der Waals surface area contributed by atoms with Gasteiger partial charge in [0.1, 0.15) is 4.83 Å². The van der Waals surface area contributed by atoms with Crippen molar-refractivity contribution in [2.75, 3.05) is 0 Å². The molecule has 0 aliphatic rings. The molecule has 0 atom stereocenters. The van der Waals surface area contributed by atoms with Crippen LogP contribution in [0.2, 0.25) is 0 Å². The summed E-state index contributed by atoms with van der Waals surface area (Å²) in [5.74, 6) is 2.46. The summed E-state index contributed by atoms with van der Waals surface area (Å²) in [6, 6.07) is 67.6. The number of nitrogens with zero attached hydrogens (tertiary/aromatic N) is 7. The molecule has 64 heavy (non-hydrogen) atoms. The van der Waals surface area contributed by atoms with Gasteiger partial charge < -0.3 is 4.57 Å². The lowest BCUT2D eigenvalue weighted by atomic mass is 10.0. The second-order valence-electron chi connectivity index (χ2n) is 16.0. The molecule has 0 N–H and O–H groups in total. The van der Waals surface area contributed by atoms with E-state index in [1.807, 2.05) is 42.6 Å². The minimum Gasteiger partial charge on any atom is -0.309 e. The topological polar surface area (TPSA) is 82.3 Å². The van der Waals surface area contributed by atoms with Crippen molar-refractivity contribution < 1.29 is 0 Å². The van der Waals surface area contributed by atoms with Crippen molar-refractivity contribution in [2.24, 2.45) is 0 Å². The van der Waals surface area contributed by atoms with E-state index >= 15 is 0 Å². The van der Waals surface area contributed by atoms with Gasteiger partial charge in [-0.15, -0.1) is 11.3 Å².